The molecule has 1 unspecified atom stereocenters. The average molecular weight is 464 g/mol. The Balaban J connectivity index is 1.95. The van der Waals surface area contributed by atoms with E-state index in [0.717, 1.165) is 23.1 Å². The topological polar surface area (TPSA) is 64.1 Å². The van der Waals surface area contributed by atoms with E-state index in [1.54, 1.807) is 13.1 Å². The van der Waals surface area contributed by atoms with Crippen molar-refractivity contribution in [1.82, 2.24) is 14.7 Å². The van der Waals surface area contributed by atoms with E-state index in [9.17, 15) is 14.7 Å². The van der Waals surface area contributed by atoms with Gasteiger partial charge in [-0.05, 0) is 41.7 Å². The van der Waals surface area contributed by atoms with Crippen molar-refractivity contribution in [3.63, 3.8) is 0 Å². The molecule has 1 aromatic carbocycles. The molecule has 0 fully saturated rings. The molecule has 6 nitrogen and oxygen atoms in total. The molecule has 0 radical (unpaired) electrons. The fourth-order valence-electron chi connectivity index (χ4n) is 3.60. The number of alkyl halides is 1. The van der Waals surface area contributed by atoms with E-state index in [1.165, 1.54) is 9.80 Å². The number of likely N-dealkylation sites (N-methyl/N-ethyl adjacent to an activating group) is 1. The first-order chi connectivity index (χ1) is 14.9. The Kier molecular flexibility index (Phi) is 8.18. The van der Waals surface area contributed by atoms with Gasteiger partial charge in [-0.15, -0.1) is 11.6 Å². The number of rotatable bonds is 6. The van der Waals surface area contributed by atoms with Crippen molar-refractivity contribution in [3.05, 3.63) is 64.9 Å². The van der Waals surface area contributed by atoms with Gasteiger partial charge in [0.2, 0.25) is 5.91 Å². The summed E-state index contributed by atoms with van der Waals surface area (Å²) in [5, 5.41) is 9.79. The number of allylic oxidation sites excluding steroid dienone is 2. The molecule has 1 aromatic rings. The number of benzene rings is 1. The first kappa shape index (κ1) is 23.4. The van der Waals surface area contributed by atoms with Crippen LogP contribution in [0.25, 0.3) is 5.57 Å². The molecule has 1 aliphatic carbocycles. The number of hydrogen-bond acceptors (Lipinski definition) is 4. The minimum absolute atomic E-state index is 0.0151. The molecule has 1 atom stereocenters. The van der Waals surface area contributed by atoms with E-state index < -0.39 is 0 Å². The number of halogens is 2. The quantitative estimate of drug-likeness (QED) is 0.652. The van der Waals surface area contributed by atoms with Crippen LogP contribution in [0.5, 0.6) is 0 Å². The molecule has 31 heavy (non-hydrogen) atoms. The van der Waals surface area contributed by atoms with Crippen molar-refractivity contribution in [3.8, 4) is 0 Å². The van der Waals surface area contributed by atoms with E-state index in [2.05, 4.69) is 6.08 Å². The van der Waals surface area contributed by atoms with Crippen LogP contribution in [0.1, 0.15) is 18.4 Å². The van der Waals surface area contributed by atoms with Crippen LogP contribution in [0.15, 0.2) is 54.3 Å². The third-order valence-corrected chi connectivity index (χ3v) is 5.75. The molecule has 3 rings (SSSR count). The van der Waals surface area contributed by atoms with Crippen LogP contribution in [0.4, 0.5) is 4.79 Å². The Morgan fingerprint density at radius 2 is 2.03 bits per heavy atom. The van der Waals surface area contributed by atoms with Gasteiger partial charge in [0, 0.05) is 44.5 Å². The van der Waals surface area contributed by atoms with Gasteiger partial charge >= 0.3 is 6.03 Å². The minimum atomic E-state index is -0.380. The number of imide groups is 1. The molecule has 0 spiro atoms. The van der Waals surface area contributed by atoms with Gasteiger partial charge in [-0.25, -0.2) is 4.79 Å². The molecule has 1 N–H and O–H groups in total. The van der Waals surface area contributed by atoms with Gasteiger partial charge in [0.1, 0.15) is 0 Å². The molecule has 0 saturated carbocycles. The lowest BCUT2D eigenvalue weighted by Crippen LogP contribution is -2.47. The lowest BCUT2D eigenvalue weighted by atomic mass is 10.0. The Hall–Kier alpha value is -2.28. The second-order valence-corrected chi connectivity index (χ2v) is 8.72. The first-order valence-electron chi connectivity index (χ1n) is 10.3. The summed E-state index contributed by atoms with van der Waals surface area (Å²) in [4.78, 5) is 30.7. The highest BCUT2D eigenvalue weighted by molar-refractivity contribution is 6.30. The van der Waals surface area contributed by atoms with Crippen molar-refractivity contribution in [2.24, 2.45) is 0 Å². The van der Waals surface area contributed by atoms with Gasteiger partial charge in [0.25, 0.3) is 0 Å². The largest absolute Gasteiger partial charge is 0.396 e. The summed E-state index contributed by atoms with van der Waals surface area (Å²) < 4.78 is 0. The molecular formula is C23H27Cl2N3O3. The van der Waals surface area contributed by atoms with Crippen molar-refractivity contribution < 1.29 is 14.7 Å². The summed E-state index contributed by atoms with van der Waals surface area (Å²) in [6.07, 6.45) is 9.01. The van der Waals surface area contributed by atoms with Gasteiger partial charge in [0.05, 0.1) is 11.9 Å². The molecule has 2 aliphatic rings. The SMILES string of the molecule is CN1C/C(c2cccc(Cl)c2)=C\N(CC2=CCC(Cl)C=C2)CC(=O)N(CCCO)C1=O. The Morgan fingerprint density at radius 3 is 2.71 bits per heavy atom. The van der Waals surface area contributed by atoms with Gasteiger partial charge in [-0.1, -0.05) is 42.0 Å². The molecular weight excluding hydrogens is 437 g/mol. The minimum Gasteiger partial charge on any atom is -0.396 e. The van der Waals surface area contributed by atoms with E-state index in [-0.39, 0.29) is 37.0 Å². The number of aliphatic hydroxyl groups excluding tert-OH is 1. The predicted molar refractivity (Wildman–Crippen MR) is 124 cm³/mol. The average Bonchev–Trinajstić information content (AvgIpc) is 2.78. The van der Waals surface area contributed by atoms with Crippen molar-refractivity contribution >= 4 is 40.7 Å². The monoisotopic (exact) mass is 463 g/mol. The molecule has 1 aliphatic heterocycles. The molecule has 0 bridgehead atoms. The third kappa shape index (κ3) is 6.35. The summed E-state index contributed by atoms with van der Waals surface area (Å²) in [6.45, 7) is 0.965. The van der Waals surface area contributed by atoms with Crippen molar-refractivity contribution in [2.45, 2.75) is 18.2 Å². The summed E-state index contributed by atoms with van der Waals surface area (Å²) in [7, 11) is 1.67. The van der Waals surface area contributed by atoms with E-state index >= 15 is 0 Å². The van der Waals surface area contributed by atoms with Crippen LogP contribution in [0.3, 0.4) is 0 Å². The maximum Gasteiger partial charge on any atom is 0.326 e. The fourth-order valence-corrected chi connectivity index (χ4v) is 3.95. The standard InChI is InChI=1S/C23H27Cl2N3O3/c1-26-14-19(18-4-2-5-21(25)12-18)15-27(13-17-6-8-20(24)9-7-17)16-22(30)28(23(26)31)10-3-11-29/h2,4-8,12,15,20,29H,3,9-11,13-14,16H2,1H3/b19-15+. The summed E-state index contributed by atoms with van der Waals surface area (Å²) in [5.41, 5.74) is 2.83. The van der Waals surface area contributed by atoms with E-state index in [0.29, 0.717) is 24.5 Å². The third-order valence-electron chi connectivity index (χ3n) is 5.19. The summed E-state index contributed by atoms with van der Waals surface area (Å²) in [5.74, 6) is -0.301. The van der Waals surface area contributed by atoms with Crippen molar-refractivity contribution in [2.75, 3.05) is 39.8 Å². The molecule has 1 heterocycles. The molecule has 3 amide bonds. The lowest BCUT2D eigenvalue weighted by molar-refractivity contribution is -0.129. The second-order valence-electron chi connectivity index (χ2n) is 7.72. The number of carbonyl (C=O) groups is 2. The normalized spacial score (nSPS) is 21.9. The van der Waals surface area contributed by atoms with Gasteiger partial charge in [-0.2, -0.15) is 0 Å². The van der Waals surface area contributed by atoms with E-state index in [4.69, 9.17) is 23.2 Å². The predicted octanol–water partition coefficient (Wildman–Crippen LogP) is 3.75. The maximum atomic E-state index is 13.0. The van der Waals surface area contributed by atoms with Crippen LogP contribution in [-0.4, -0.2) is 77.0 Å². The lowest BCUT2D eigenvalue weighted by Gasteiger charge is -2.27. The number of hydrogen-bond donors (Lipinski definition) is 1. The van der Waals surface area contributed by atoms with Gasteiger partial charge in [0.15, 0.2) is 0 Å². The molecule has 166 valence electrons. The van der Waals surface area contributed by atoms with E-state index in [1.807, 2.05) is 41.5 Å². The number of nitrogens with zero attached hydrogens (tertiary/aromatic N) is 3. The van der Waals surface area contributed by atoms with Crippen LogP contribution >= 0.6 is 23.2 Å². The molecule has 0 saturated heterocycles. The highest BCUT2D eigenvalue weighted by Crippen LogP contribution is 2.23. The number of aliphatic hydroxyl groups is 1. The highest BCUT2D eigenvalue weighted by Gasteiger charge is 2.28. The van der Waals surface area contributed by atoms with Crippen LogP contribution in [0, 0.1) is 0 Å². The van der Waals surface area contributed by atoms with Crippen molar-refractivity contribution in [1.29, 1.82) is 0 Å². The number of amides is 3. The fraction of sp³-hybridized carbons (Fsp3) is 0.391. The number of urea groups is 1. The van der Waals surface area contributed by atoms with Crippen LogP contribution in [-0.2, 0) is 4.79 Å². The first-order valence-corrected chi connectivity index (χ1v) is 11.1. The van der Waals surface area contributed by atoms with Crippen LogP contribution in [0.2, 0.25) is 5.02 Å². The number of carbonyl (C=O) groups excluding carboxylic acids is 2. The van der Waals surface area contributed by atoms with Gasteiger partial charge < -0.3 is 14.9 Å². The Labute approximate surface area is 193 Å². The molecule has 0 aromatic heterocycles. The summed E-state index contributed by atoms with van der Waals surface area (Å²) >= 11 is 12.3. The smallest absolute Gasteiger partial charge is 0.326 e. The highest BCUT2D eigenvalue weighted by atomic mass is 35.5. The molecule has 8 heteroatoms. The second kappa shape index (κ2) is 10.8. The van der Waals surface area contributed by atoms with Crippen LogP contribution < -0.4 is 0 Å². The Morgan fingerprint density at radius 1 is 1.23 bits per heavy atom. The Bertz CT molecular complexity index is 913. The summed E-state index contributed by atoms with van der Waals surface area (Å²) in [6, 6.07) is 7.08. The van der Waals surface area contributed by atoms with Gasteiger partial charge in [-0.3, -0.25) is 9.69 Å². The zero-order valence-corrected chi connectivity index (χ0v) is 19.0. The maximum absolute atomic E-state index is 13.0. The zero-order valence-electron chi connectivity index (χ0n) is 17.5. The zero-order chi connectivity index (χ0) is 22.4.